The molecule has 0 aromatic rings. The number of nitrogens with one attached hydrogen (secondary N) is 1. The van der Waals surface area contributed by atoms with Crippen molar-refractivity contribution < 1.29 is 18.3 Å². The lowest BCUT2D eigenvalue weighted by molar-refractivity contribution is -0.243. The van der Waals surface area contributed by atoms with Crippen molar-refractivity contribution in [1.29, 1.82) is 0 Å². The van der Waals surface area contributed by atoms with Crippen LogP contribution >= 0.6 is 0 Å². The summed E-state index contributed by atoms with van der Waals surface area (Å²) in [6.45, 7) is -0.127. The second-order valence-electron chi connectivity index (χ2n) is 3.19. The van der Waals surface area contributed by atoms with Gasteiger partial charge in [0.25, 0.3) is 0 Å². The lowest BCUT2D eigenvalue weighted by Crippen LogP contribution is -2.48. The van der Waals surface area contributed by atoms with Crippen molar-refractivity contribution in [2.24, 2.45) is 5.41 Å². The van der Waals surface area contributed by atoms with Gasteiger partial charge in [-0.3, -0.25) is 0 Å². The lowest BCUT2D eigenvalue weighted by atomic mass is 9.79. The third kappa shape index (κ3) is 1.56. The van der Waals surface area contributed by atoms with Crippen LogP contribution in [0.1, 0.15) is 12.8 Å². The number of halogens is 3. The fourth-order valence-corrected chi connectivity index (χ4v) is 1.44. The van der Waals surface area contributed by atoms with E-state index in [1.807, 2.05) is 0 Å². The first kappa shape index (κ1) is 9.80. The van der Waals surface area contributed by atoms with Crippen LogP contribution in [0.25, 0.3) is 0 Å². The summed E-state index contributed by atoms with van der Waals surface area (Å²) in [5, 5.41) is 11.6. The first-order chi connectivity index (χ1) is 5.52. The molecule has 0 aliphatic carbocycles. The number of piperidine rings is 1. The highest BCUT2D eigenvalue weighted by molar-refractivity contribution is 4.90. The van der Waals surface area contributed by atoms with Crippen LogP contribution in [0.5, 0.6) is 0 Å². The molecule has 1 heterocycles. The molecule has 0 atom stereocenters. The summed E-state index contributed by atoms with van der Waals surface area (Å²) in [6.07, 6.45) is -4.32. The van der Waals surface area contributed by atoms with E-state index >= 15 is 0 Å². The normalized spacial score (nSPS) is 24.0. The van der Waals surface area contributed by atoms with Gasteiger partial charge in [0.05, 0.1) is 12.0 Å². The molecule has 1 rings (SSSR count). The Bertz CT molecular complexity index is 151. The van der Waals surface area contributed by atoms with Gasteiger partial charge >= 0.3 is 6.18 Å². The van der Waals surface area contributed by atoms with Gasteiger partial charge in [-0.15, -0.1) is 0 Å². The Morgan fingerprint density at radius 1 is 1.25 bits per heavy atom. The Kier molecular flexibility index (Phi) is 2.63. The summed E-state index contributed by atoms with van der Waals surface area (Å²) in [5.74, 6) is 0. The standard InChI is InChI=1S/C7H12F3NO/c8-7(9,10)6(5-12)1-3-11-4-2-6/h11-12H,1-5H2. The zero-order chi connectivity index (χ0) is 9.24. The predicted octanol–water partition coefficient (Wildman–Crippen LogP) is 0.911. The van der Waals surface area contributed by atoms with Crippen LogP contribution in [0.4, 0.5) is 13.2 Å². The van der Waals surface area contributed by atoms with Crippen molar-refractivity contribution in [3.05, 3.63) is 0 Å². The van der Waals surface area contributed by atoms with Crippen LogP contribution < -0.4 is 5.32 Å². The summed E-state index contributed by atoms with van der Waals surface area (Å²) in [7, 11) is 0. The van der Waals surface area contributed by atoms with Crippen LogP contribution in [-0.2, 0) is 0 Å². The highest BCUT2D eigenvalue weighted by atomic mass is 19.4. The average molecular weight is 183 g/mol. The molecule has 1 aliphatic rings. The maximum absolute atomic E-state index is 12.4. The Morgan fingerprint density at radius 3 is 2.00 bits per heavy atom. The van der Waals surface area contributed by atoms with Gasteiger partial charge in [0.2, 0.25) is 0 Å². The Balaban J connectivity index is 2.73. The molecular formula is C7H12F3NO. The second-order valence-corrected chi connectivity index (χ2v) is 3.19. The smallest absolute Gasteiger partial charge is 0.395 e. The zero-order valence-electron chi connectivity index (χ0n) is 6.62. The predicted molar refractivity (Wildman–Crippen MR) is 37.7 cm³/mol. The molecule has 0 saturated carbocycles. The minimum absolute atomic E-state index is 0.0208. The number of hydrogen-bond acceptors (Lipinski definition) is 2. The maximum atomic E-state index is 12.4. The van der Waals surface area contributed by atoms with Crippen molar-refractivity contribution in [2.45, 2.75) is 19.0 Å². The summed E-state index contributed by atoms with van der Waals surface area (Å²) in [6, 6.07) is 0. The fourth-order valence-electron chi connectivity index (χ4n) is 1.44. The van der Waals surface area contributed by atoms with Crippen molar-refractivity contribution in [3.8, 4) is 0 Å². The minimum atomic E-state index is -4.27. The molecule has 2 N–H and O–H groups in total. The number of rotatable bonds is 1. The van der Waals surface area contributed by atoms with Gasteiger partial charge in [0.1, 0.15) is 0 Å². The molecule has 0 spiro atoms. The number of hydrogen-bond donors (Lipinski definition) is 2. The van der Waals surface area contributed by atoms with Gasteiger partial charge in [0.15, 0.2) is 0 Å². The largest absolute Gasteiger partial charge is 0.396 e. The average Bonchev–Trinajstić information content (AvgIpc) is 2.04. The molecular weight excluding hydrogens is 171 g/mol. The topological polar surface area (TPSA) is 32.3 Å². The van der Waals surface area contributed by atoms with E-state index in [2.05, 4.69) is 5.32 Å². The summed E-state index contributed by atoms with van der Waals surface area (Å²) in [5.41, 5.74) is -1.85. The van der Waals surface area contributed by atoms with Gasteiger partial charge in [-0.2, -0.15) is 13.2 Å². The van der Waals surface area contributed by atoms with Crippen molar-refractivity contribution >= 4 is 0 Å². The van der Waals surface area contributed by atoms with E-state index < -0.39 is 18.2 Å². The maximum Gasteiger partial charge on any atom is 0.396 e. The van der Waals surface area contributed by atoms with Gasteiger partial charge in [-0.05, 0) is 25.9 Å². The Hall–Kier alpha value is -0.290. The molecule has 0 bridgehead atoms. The van der Waals surface area contributed by atoms with Crippen molar-refractivity contribution in [3.63, 3.8) is 0 Å². The van der Waals surface area contributed by atoms with E-state index in [1.165, 1.54) is 0 Å². The van der Waals surface area contributed by atoms with Gasteiger partial charge < -0.3 is 10.4 Å². The molecule has 5 heteroatoms. The van der Waals surface area contributed by atoms with Crippen LogP contribution in [0.2, 0.25) is 0 Å². The molecule has 0 aromatic carbocycles. The zero-order valence-corrected chi connectivity index (χ0v) is 6.62. The van der Waals surface area contributed by atoms with Crippen LogP contribution in [0.15, 0.2) is 0 Å². The van der Waals surface area contributed by atoms with E-state index in [1.54, 1.807) is 0 Å². The van der Waals surface area contributed by atoms with Gasteiger partial charge in [0, 0.05) is 0 Å². The molecule has 0 unspecified atom stereocenters. The summed E-state index contributed by atoms with van der Waals surface area (Å²) >= 11 is 0. The molecule has 72 valence electrons. The summed E-state index contributed by atoms with van der Waals surface area (Å²) < 4.78 is 37.2. The number of alkyl halides is 3. The fraction of sp³-hybridized carbons (Fsp3) is 1.00. The van der Waals surface area contributed by atoms with E-state index in [-0.39, 0.29) is 12.8 Å². The molecule has 0 aromatic heterocycles. The van der Waals surface area contributed by atoms with E-state index in [0.29, 0.717) is 13.1 Å². The molecule has 0 amide bonds. The molecule has 2 nitrogen and oxygen atoms in total. The van der Waals surface area contributed by atoms with Gasteiger partial charge in [-0.25, -0.2) is 0 Å². The highest BCUT2D eigenvalue weighted by Gasteiger charge is 2.54. The summed E-state index contributed by atoms with van der Waals surface area (Å²) in [4.78, 5) is 0. The van der Waals surface area contributed by atoms with Crippen LogP contribution in [-0.4, -0.2) is 31.0 Å². The number of aliphatic hydroxyl groups is 1. The van der Waals surface area contributed by atoms with Crippen LogP contribution in [0.3, 0.4) is 0 Å². The molecule has 1 fully saturated rings. The van der Waals surface area contributed by atoms with Crippen molar-refractivity contribution in [1.82, 2.24) is 5.32 Å². The quantitative estimate of drug-likeness (QED) is 0.633. The Labute approximate surface area is 68.8 Å². The molecule has 0 radical (unpaired) electrons. The highest BCUT2D eigenvalue weighted by Crippen LogP contribution is 2.44. The number of aliphatic hydroxyl groups excluding tert-OH is 1. The lowest BCUT2D eigenvalue weighted by Gasteiger charge is -2.37. The van der Waals surface area contributed by atoms with E-state index in [9.17, 15) is 13.2 Å². The van der Waals surface area contributed by atoms with Gasteiger partial charge in [-0.1, -0.05) is 0 Å². The monoisotopic (exact) mass is 183 g/mol. The molecule has 1 saturated heterocycles. The first-order valence-electron chi connectivity index (χ1n) is 3.90. The van der Waals surface area contributed by atoms with E-state index in [0.717, 1.165) is 0 Å². The third-order valence-electron chi connectivity index (χ3n) is 2.46. The second kappa shape index (κ2) is 3.22. The Morgan fingerprint density at radius 2 is 1.75 bits per heavy atom. The molecule has 12 heavy (non-hydrogen) atoms. The SMILES string of the molecule is OCC1(C(F)(F)F)CCNCC1. The first-order valence-corrected chi connectivity index (χ1v) is 3.90. The third-order valence-corrected chi connectivity index (χ3v) is 2.46. The van der Waals surface area contributed by atoms with Crippen molar-refractivity contribution in [2.75, 3.05) is 19.7 Å². The van der Waals surface area contributed by atoms with Crippen LogP contribution in [0, 0.1) is 5.41 Å². The molecule has 1 aliphatic heterocycles. The minimum Gasteiger partial charge on any atom is -0.395 e. The van der Waals surface area contributed by atoms with E-state index in [4.69, 9.17) is 5.11 Å².